The van der Waals surface area contributed by atoms with E-state index in [1.165, 1.54) is 0 Å². The predicted octanol–water partition coefficient (Wildman–Crippen LogP) is 3.74. The number of carbonyl (C=O) groups excluding carboxylic acids is 1. The average Bonchev–Trinajstić information content (AvgIpc) is 3.55. The number of carbonyl (C=O) groups is 1. The fourth-order valence-corrected chi connectivity index (χ4v) is 5.48. The van der Waals surface area contributed by atoms with Gasteiger partial charge in [0.15, 0.2) is 36.0 Å². The smallest absolute Gasteiger partial charge is 0.317 e. The van der Waals surface area contributed by atoms with Crippen molar-refractivity contribution in [1.29, 1.82) is 0 Å². The van der Waals surface area contributed by atoms with Gasteiger partial charge in [0.1, 0.15) is 11.7 Å². The molecule has 3 aliphatic rings. The third-order valence-electron chi connectivity index (χ3n) is 7.12. The van der Waals surface area contributed by atoms with Crippen LogP contribution in [0.5, 0.6) is 28.7 Å². The lowest BCUT2D eigenvalue weighted by molar-refractivity contribution is -0.166. The van der Waals surface area contributed by atoms with E-state index in [1.54, 1.807) is 24.3 Å². The Labute approximate surface area is 210 Å². The number of ether oxygens (including phenoxy) is 5. The molecular weight excluding hydrogens is 466 g/mol. The van der Waals surface area contributed by atoms with Crippen molar-refractivity contribution in [2.24, 2.45) is 5.92 Å². The van der Waals surface area contributed by atoms with Gasteiger partial charge < -0.3 is 33.9 Å². The van der Waals surface area contributed by atoms with E-state index in [0.29, 0.717) is 34.1 Å². The molecule has 1 saturated heterocycles. The predicted molar refractivity (Wildman–Crippen MR) is 129 cm³/mol. The Kier molecular flexibility index (Phi) is 7.11. The summed E-state index contributed by atoms with van der Waals surface area (Å²) in [6.45, 7) is 4.93. The molecule has 4 atom stereocenters. The van der Waals surface area contributed by atoms with Crippen LogP contribution < -0.4 is 18.9 Å². The quantitative estimate of drug-likeness (QED) is 0.415. The van der Waals surface area contributed by atoms with Crippen LogP contribution in [0.4, 0.5) is 0 Å². The monoisotopic (exact) mass is 499 g/mol. The van der Waals surface area contributed by atoms with Gasteiger partial charge in [0.2, 0.25) is 6.79 Å². The number of benzene rings is 2. The molecule has 2 N–H and O–H groups in total. The highest BCUT2D eigenvalue weighted by Crippen LogP contribution is 2.53. The van der Waals surface area contributed by atoms with E-state index in [0.717, 1.165) is 38.8 Å². The van der Waals surface area contributed by atoms with Crippen LogP contribution in [-0.2, 0) is 9.53 Å². The SMILES string of the molecule is CCCC(C)Oc1cccc(C2c3cc4c(cc3OC(N3CCCC3)C2C(=O)OCO)OCO4)c1O. The lowest BCUT2D eigenvalue weighted by Gasteiger charge is -2.42. The first-order valence-corrected chi connectivity index (χ1v) is 12.6. The number of esters is 1. The van der Waals surface area contributed by atoms with Gasteiger partial charge >= 0.3 is 5.97 Å². The van der Waals surface area contributed by atoms with Crippen LogP contribution in [0.15, 0.2) is 30.3 Å². The largest absolute Gasteiger partial charge is 0.504 e. The van der Waals surface area contributed by atoms with Crippen molar-refractivity contribution < 1.29 is 38.7 Å². The summed E-state index contributed by atoms with van der Waals surface area (Å²) in [6.07, 6.45) is 3.05. The minimum Gasteiger partial charge on any atom is -0.504 e. The number of phenols is 1. The van der Waals surface area contributed by atoms with Crippen LogP contribution in [0, 0.1) is 5.92 Å². The van der Waals surface area contributed by atoms with E-state index in [4.69, 9.17) is 23.7 Å². The van der Waals surface area contributed by atoms with E-state index in [-0.39, 0.29) is 18.6 Å². The van der Waals surface area contributed by atoms with E-state index < -0.39 is 30.8 Å². The first kappa shape index (κ1) is 24.5. The van der Waals surface area contributed by atoms with Crippen molar-refractivity contribution >= 4 is 5.97 Å². The Morgan fingerprint density at radius 3 is 2.61 bits per heavy atom. The molecule has 0 aromatic heterocycles. The number of aromatic hydroxyl groups is 1. The van der Waals surface area contributed by atoms with Crippen LogP contribution >= 0.6 is 0 Å². The lowest BCUT2D eigenvalue weighted by atomic mass is 9.76. The molecule has 0 aliphatic carbocycles. The molecule has 0 saturated carbocycles. The fourth-order valence-electron chi connectivity index (χ4n) is 5.48. The zero-order valence-corrected chi connectivity index (χ0v) is 20.6. The molecule has 4 unspecified atom stereocenters. The minimum absolute atomic E-state index is 0.0297. The number of nitrogens with zero attached hydrogens (tertiary/aromatic N) is 1. The third kappa shape index (κ3) is 4.53. The molecule has 2 aromatic carbocycles. The number of aliphatic hydroxyl groups is 1. The summed E-state index contributed by atoms with van der Waals surface area (Å²) in [4.78, 5) is 15.5. The maximum absolute atomic E-state index is 13.4. The zero-order chi connectivity index (χ0) is 25.2. The van der Waals surface area contributed by atoms with Crippen LogP contribution in [-0.4, -0.2) is 60.1 Å². The summed E-state index contributed by atoms with van der Waals surface area (Å²) < 4.78 is 28.8. The number of likely N-dealkylation sites (tertiary alicyclic amines) is 1. The summed E-state index contributed by atoms with van der Waals surface area (Å²) in [5, 5.41) is 20.9. The highest BCUT2D eigenvalue weighted by molar-refractivity contribution is 5.77. The Balaban J connectivity index is 1.65. The van der Waals surface area contributed by atoms with Crippen LogP contribution in [0.1, 0.15) is 56.6 Å². The van der Waals surface area contributed by atoms with Crippen molar-refractivity contribution in [3.05, 3.63) is 41.5 Å². The van der Waals surface area contributed by atoms with Crippen molar-refractivity contribution in [2.75, 3.05) is 26.7 Å². The number of aliphatic hydroxyl groups excluding tert-OH is 1. The van der Waals surface area contributed by atoms with Crippen molar-refractivity contribution in [3.63, 3.8) is 0 Å². The van der Waals surface area contributed by atoms with Gasteiger partial charge in [-0.1, -0.05) is 25.5 Å². The van der Waals surface area contributed by atoms with Gasteiger partial charge in [0.05, 0.1) is 6.10 Å². The molecule has 3 aliphatic heterocycles. The first-order chi connectivity index (χ1) is 17.5. The fraction of sp³-hybridized carbons (Fsp3) is 0.519. The molecule has 2 aromatic rings. The van der Waals surface area contributed by atoms with Crippen LogP contribution in [0.3, 0.4) is 0 Å². The highest BCUT2D eigenvalue weighted by Gasteiger charge is 2.49. The Hall–Kier alpha value is -3.17. The molecular formula is C27H33NO8. The zero-order valence-electron chi connectivity index (χ0n) is 20.6. The lowest BCUT2D eigenvalue weighted by Crippen LogP contribution is -2.51. The second-order valence-corrected chi connectivity index (χ2v) is 9.50. The van der Waals surface area contributed by atoms with E-state index in [1.807, 2.05) is 13.0 Å². The number of hydrogen-bond donors (Lipinski definition) is 2. The normalized spacial score (nSPS) is 23.6. The Morgan fingerprint density at radius 2 is 1.89 bits per heavy atom. The van der Waals surface area contributed by atoms with E-state index in [9.17, 15) is 15.0 Å². The summed E-state index contributed by atoms with van der Waals surface area (Å²) in [5.41, 5.74) is 1.19. The summed E-state index contributed by atoms with van der Waals surface area (Å²) >= 11 is 0. The molecule has 0 bridgehead atoms. The molecule has 3 heterocycles. The number of hydrogen-bond acceptors (Lipinski definition) is 9. The number of fused-ring (bicyclic) bond motifs is 2. The van der Waals surface area contributed by atoms with Gasteiger partial charge in [0.25, 0.3) is 0 Å². The molecule has 5 rings (SSSR count). The molecule has 1 fully saturated rings. The van der Waals surface area contributed by atoms with Gasteiger partial charge in [0, 0.05) is 36.2 Å². The molecule has 9 nitrogen and oxygen atoms in total. The number of phenolic OH excluding ortho intramolecular Hbond substituents is 1. The van der Waals surface area contributed by atoms with Gasteiger partial charge in [-0.25, -0.2) is 0 Å². The highest BCUT2D eigenvalue weighted by atomic mass is 16.7. The average molecular weight is 500 g/mol. The second-order valence-electron chi connectivity index (χ2n) is 9.50. The summed E-state index contributed by atoms with van der Waals surface area (Å²) in [5.74, 6) is -0.104. The minimum atomic E-state index is -0.850. The molecule has 9 heteroatoms. The first-order valence-electron chi connectivity index (χ1n) is 12.6. The molecule has 0 amide bonds. The molecule has 36 heavy (non-hydrogen) atoms. The van der Waals surface area contributed by atoms with Crippen molar-refractivity contribution in [2.45, 2.75) is 57.8 Å². The van der Waals surface area contributed by atoms with E-state index >= 15 is 0 Å². The van der Waals surface area contributed by atoms with Gasteiger partial charge in [-0.15, -0.1) is 0 Å². The summed E-state index contributed by atoms with van der Waals surface area (Å²) in [6, 6.07) is 8.90. The summed E-state index contributed by atoms with van der Waals surface area (Å²) in [7, 11) is 0. The Bertz CT molecular complexity index is 1100. The standard InChI is InChI=1S/C27H33NO8/c1-3-7-16(2)35-19-9-6-8-17(25(19)30)23-18-12-21-22(34-15-33-21)13-20(18)36-26(28-10-4-5-11-28)24(23)27(31)32-14-29/h6,8-9,12-13,16,23-24,26,29-30H,3-5,7,10-11,14-15H2,1-2H3. The number of rotatable bonds is 8. The van der Waals surface area contributed by atoms with Gasteiger partial charge in [-0.3, -0.25) is 9.69 Å². The second kappa shape index (κ2) is 10.4. The third-order valence-corrected chi connectivity index (χ3v) is 7.12. The molecule has 0 spiro atoms. The van der Waals surface area contributed by atoms with Crippen molar-refractivity contribution in [1.82, 2.24) is 4.90 Å². The number of para-hydroxylation sites is 1. The Morgan fingerprint density at radius 1 is 1.14 bits per heavy atom. The molecule has 194 valence electrons. The maximum atomic E-state index is 13.4. The maximum Gasteiger partial charge on any atom is 0.317 e. The van der Waals surface area contributed by atoms with Gasteiger partial charge in [-0.2, -0.15) is 0 Å². The molecule has 0 radical (unpaired) electrons. The van der Waals surface area contributed by atoms with Gasteiger partial charge in [-0.05, 0) is 38.3 Å². The van der Waals surface area contributed by atoms with Crippen LogP contribution in [0.25, 0.3) is 0 Å². The van der Waals surface area contributed by atoms with E-state index in [2.05, 4.69) is 11.8 Å². The van der Waals surface area contributed by atoms with Crippen LogP contribution in [0.2, 0.25) is 0 Å². The van der Waals surface area contributed by atoms with Crippen molar-refractivity contribution in [3.8, 4) is 28.7 Å². The topological polar surface area (TPSA) is 107 Å².